The molecule has 0 bridgehead atoms. The Kier molecular flexibility index (Phi) is 6.97. The zero-order chi connectivity index (χ0) is 25.1. The van der Waals surface area contributed by atoms with E-state index in [4.69, 9.17) is 4.98 Å². The zero-order valence-corrected chi connectivity index (χ0v) is 20.6. The minimum Gasteiger partial charge on any atom is -0.352 e. The molecule has 2 amide bonds. The minimum absolute atomic E-state index is 0.0891. The highest BCUT2D eigenvalue weighted by molar-refractivity contribution is 5.94. The van der Waals surface area contributed by atoms with Crippen LogP contribution in [0, 0.1) is 0 Å². The number of nitrogens with zero attached hydrogens (tertiary/aromatic N) is 5. The highest BCUT2D eigenvalue weighted by Gasteiger charge is 2.32. The Balaban J connectivity index is 1.34. The van der Waals surface area contributed by atoms with Crippen LogP contribution in [-0.4, -0.2) is 48.4 Å². The van der Waals surface area contributed by atoms with Crippen LogP contribution in [0.25, 0.3) is 5.82 Å². The Morgan fingerprint density at radius 1 is 1.08 bits per heavy atom. The summed E-state index contributed by atoms with van der Waals surface area (Å²) in [6.45, 7) is 2.58. The molecule has 36 heavy (non-hydrogen) atoms. The van der Waals surface area contributed by atoms with Gasteiger partial charge in [-0.3, -0.25) is 19.0 Å². The Morgan fingerprint density at radius 3 is 2.72 bits per heavy atom. The minimum atomic E-state index is -0.299. The summed E-state index contributed by atoms with van der Waals surface area (Å²) in [6, 6.07) is 8.80. The molecule has 1 aliphatic carbocycles. The maximum Gasteiger partial charge on any atom is 0.255 e. The van der Waals surface area contributed by atoms with Gasteiger partial charge in [0.05, 0.1) is 17.3 Å². The molecular weight excluding hydrogens is 456 g/mol. The van der Waals surface area contributed by atoms with Crippen molar-refractivity contribution in [2.24, 2.45) is 0 Å². The summed E-state index contributed by atoms with van der Waals surface area (Å²) in [5, 5.41) is 3.00. The molecule has 9 nitrogen and oxygen atoms in total. The number of aryl methyl sites for hydroxylation is 1. The molecule has 0 aromatic carbocycles. The summed E-state index contributed by atoms with van der Waals surface area (Å²) < 4.78 is 3.30. The molecule has 2 aliphatic rings. The van der Waals surface area contributed by atoms with E-state index in [1.807, 2.05) is 33.9 Å². The van der Waals surface area contributed by atoms with Crippen molar-refractivity contribution in [3.63, 3.8) is 0 Å². The van der Waals surface area contributed by atoms with Crippen LogP contribution in [0.1, 0.15) is 73.4 Å². The van der Waals surface area contributed by atoms with E-state index in [-0.39, 0.29) is 36.0 Å². The molecule has 1 saturated heterocycles. The molecule has 5 rings (SSSR count). The van der Waals surface area contributed by atoms with Crippen LogP contribution in [0.15, 0.2) is 53.7 Å². The summed E-state index contributed by atoms with van der Waals surface area (Å²) in [5.41, 5.74) is 0.931. The van der Waals surface area contributed by atoms with Crippen LogP contribution in [0.3, 0.4) is 0 Å². The van der Waals surface area contributed by atoms with Gasteiger partial charge in [0, 0.05) is 43.7 Å². The number of imidazole rings is 1. The molecule has 2 fully saturated rings. The van der Waals surface area contributed by atoms with Gasteiger partial charge in [0.2, 0.25) is 5.91 Å². The lowest BCUT2D eigenvalue weighted by Gasteiger charge is -2.25. The van der Waals surface area contributed by atoms with Crippen LogP contribution in [0.5, 0.6) is 0 Å². The van der Waals surface area contributed by atoms with E-state index in [2.05, 4.69) is 17.2 Å². The van der Waals surface area contributed by atoms with Gasteiger partial charge in [-0.25, -0.2) is 9.97 Å². The van der Waals surface area contributed by atoms with Gasteiger partial charge in [-0.15, -0.1) is 0 Å². The maximum atomic E-state index is 13.5. The van der Waals surface area contributed by atoms with Gasteiger partial charge in [-0.1, -0.05) is 25.8 Å². The predicted molar refractivity (Wildman–Crippen MR) is 135 cm³/mol. The third kappa shape index (κ3) is 4.96. The fraction of sp³-hybridized carbons (Fsp3) is 0.444. The second kappa shape index (κ2) is 10.5. The quantitative estimate of drug-likeness (QED) is 0.551. The highest BCUT2D eigenvalue weighted by Crippen LogP contribution is 2.32. The van der Waals surface area contributed by atoms with E-state index >= 15 is 0 Å². The summed E-state index contributed by atoms with van der Waals surface area (Å²) in [6.07, 6.45) is 11.8. The van der Waals surface area contributed by atoms with Crippen molar-refractivity contribution in [1.29, 1.82) is 0 Å². The molecule has 1 aliphatic heterocycles. The van der Waals surface area contributed by atoms with Crippen LogP contribution in [0.2, 0.25) is 0 Å². The fourth-order valence-corrected chi connectivity index (χ4v) is 5.33. The van der Waals surface area contributed by atoms with Gasteiger partial charge in [-0.2, -0.15) is 0 Å². The zero-order valence-electron chi connectivity index (χ0n) is 20.6. The molecule has 0 unspecified atom stereocenters. The van der Waals surface area contributed by atoms with Gasteiger partial charge in [0.15, 0.2) is 0 Å². The maximum absolute atomic E-state index is 13.5. The van der Waals surface area contributed by atoms with Gasteiger partial charge < -0.3 is 14.8 Å². The Hall–Kier alpha value is -3.75. The molecule has 3 aromatic rings. The van der Waals surface area contributed by atoms with E-state index in [0.29, 0.717) is 12.1 Å². The molecule has 4 heterocycles. The summed E-state index contributed by atoms with van der Waals surface area (Å²) in [5.74, 6) is 1.35. The van der Waals surface area contributed by atoms with Crippen molar-refractivity contribution in [3.05, 3.63) is 76.4 Å². The molecule has 3 aromatic heterocycles. The first-order valence-electron chi connectivity index (χ1n) is 12.8. The second-order valence-corrected chi connectivity index (χ2v) is 9.58. The van der Waals surface area contributed by atoms with E-state index in [9.17, 15) is 14.4 Å². The lowest BCUT2D eigenvalue weighted by Crippen LogP contribution is -2.38. The topological polar surface area (TPSA) is 102 Å². The van der Waals surface area contributed by atoms with Crippen LogP contribution in [-0.2, 0) is 17.8 Å². The molecule has 1 atom stereocenters. The Bertz CT molecular complexity index is 1310. The number of amides is 2. The first-order valence-corrected chi connectivity index (χ1v) is 12.8. The number of pyridine rings is 2. The van der Waals surface area contributed by atoms with Crippen LogP contribution >= 0.6 is 0 Å². The van der Waals surface area contributed by atoms with E-state index in [0.717, 1.165) is 62.3 Å². The normalized spacial score (nSPS) is 18.0. The number of carbonyl (C=O) groups is 2. The summed E-state index contributed by atoms with van der Waals surface area (Å²) in [4.78, 5) is 49.5. The third-order valence-electron chi connectivity index (χ3n) is 7.16. The number of rotatable bonds is 7. The van der Waals surface area contributed by atoms with Crippen molar-refractivity contribution >= 4 is 11.8 Å². The molecular formula is C27H32N6O3. The molecule has 0 radical (unpaired) electrons. The van der Waals surface area contributed by atoms with Crippen molar-refractivity contribution < 1.29 is 9.59 Å². The van der Waals surface area contributed by atoms with Gasteiger partial charge in [-0.05, 0) is 43.9 Å². The molecule has 0 spiro atoms. The number of carbonyl (C=O) groups excluding carboxylic acids is 2. The van der Waals surface area contributed by atoms with E-state index < -0.39 is 0 Å². The number of likely N-dealkylation sites (tertiary alicyclic amines) is 1. The lowest BCUT2D eigenvalue weighted by atomic mass is 10.1. The number of aromatic nitrogens is 4. The number of hydrogen-bond acceptors (Lipinski definition) is 5. The average molecular weight is 489 g/mol. The van der Waals surface area contributed by atoms with Crippen molar-refractivity contribution in [3.8, 4) is 5.82 Å². The van der Waals surface area contributed by atoms with Gasteiger partial charge in [0.25, 0.3) is 11.5 Å². The monoisotopic (exact) mass is 488 g/mol. The van der Waals surface area contributed by atoms with Crippen molar-refractivity contribution in [1.82, 2.24) is 29.3 Å². The lowest BCUT2D eigenvalue weighted by molar-refractivity contribution is -0.122. The smallest absolute Gasteiger partial charge is 0.255 e. The Labute approximate surface area is 210 Å². The highest BCUT2D eigenvalue weighted by atomic mass is 16.2. The summed E-state index contributed by atoms with van der Waals surface area (Å²) in [7, 11) is 0. The molecule has 188 valence electrons. The third-order valence-corrected chi connectivity index (χ3v) is 7.16. The van der Waals surface area contributed by atoms with E-state index in [1.165, 1.54) is 16.8 Å². The predicted octanol–water partition coefficient (Wildman–Crippen LogP) is 3.03. The Morgan fingerprint density at radius 2 is 1.92 bits per heavy atom. The fourth-order valence-electron chi connectivity index (χ4n) is 5.33. The molecule has 1 saturated carbocycles. The first kappa shape index (κ1) is 24.0. The van der Waals surface area contributed by atoms with Crippen LogP contribution in [0.4, 0.5) is 0 Å². The SMILES string of the molecule is CCc1nccn1-c1cccc([C@H]2CCCN2C(=O)c2ccc(=O)n(CC(=O)NC3CCCC3)c2)n1. The van der Waals surface area contributed by atoms with E-state index in [1.54, 1.807) is 12.3 Å². The standard InChI is InChI=1S/C27H32N6O3/c1-2-23-28-14-16-33(23)24-11-5-9-21(30-24)22-10-6-15-32(22)27(36)19-12-13-26(35)31(17-19)18-25(34)29-20-7-3-4-8-20/h5,9,11-14,16-17,20,22H,2-4,6-8,10,15,18H2,1H3,(H,29,34)/t22-/m1/s1. The van der Waals surface area contributed by atoms with Crippen LogP contribution < -0.4 is 10.9 Å². The van der Waals surface area contributed by atoms with Crippen molar-refractivity contribution in [2.45, 2.75) is 70.5 Å². The number of nitrogens with one attached hydrogen (secondary N) is 1. The van der Waals surface area contributed by atoms with Gasteiger partial charge in [0.1, 0.15) is 18.2 Å². The molecule has 1 N–H and O–H groups in total. The number of hydrogen-bond donors (Lipinski definition) is 1. The largest absolute Gasteiger partial charge is 0.352 e. The summed E-state index contributed by atoms with van der Waals surface area (Å²) >= 11 is 0. The van der Waals surface area contributed by atoms with Gasteiger partial charge >= 0.3 is 0 Å². The average Bonchev–Trinajstić information content (AvgIpc) is 3.66. The molecule has 9 heteroatoms. The second-order valence-electron chi connectivity index (χ2n) is 9.58. The first-order chi connectivity index (χ1) is 17.5. The van der Waals surface area contributed by atoms with Crippen molar-refractivity contribution in [2.75, 3.05) is 6.54 Å².